The number of benzene rings is 1. The Labute approximate surface area is 92.3 Å². The summed E-state index contributed by atoms with van der Waals surface area (Å²) < 4.78 is 13.4. The van der Waals surface area contributed by atoms with Crippen molar-refractivity contribution in [1.82, 2.24) is 0 Å². The van der Waals surface area contributed by atoms with Crippen molar-refractivity contribution in [3.63, 3.8) is 0 Å². The molecule has 0 aliphatic carbocycles. The van der Waals surface area contributed by atoms with E-state index in [2.05, 4.69) is 15.9 Å². The lowest BCUT2D eigenvalue weighted by Crippen LogP contribution is -2.07. The lowest BCUT2D eigenvalue weighted by molar-refractivity contribution is -0.387. The first kappa shape index (κ1) is 11.6. The van der Waals surface area contributed by atoms with Gasteiger partial charge in [0.15, 0.2) is 5.78 Å². The van der Waals surface area contributed by atoms with E-state index in [-0.39, 0.29) is 16.6 Å². The highest BCUT2D eigenvalue weighted by Crippen LogP contribution is 2.24. The van der Waals surface area contributed by atoms with E-state index in [0.717, 1.165) is 12.1 Å². The Morgan fingerprint density at radius 3 is 2.67 bits per heavy atom. The van der Waals surface area contributed by atoms with Crippen molar-refractivity contribution < 1.29 is 14.1 Å². The fraction of sp³-hybridized carbons (Fsp3) is 0.125. The molecule has 5 nitrogen and oxygen atoms in total. The number of nitro groups is 1. The van der Waals surface area contributed by atoms with E-state index in [1.54, 1.807) is 0 Å². The van der Waals surface area contributed by atoms with Gasteiger partial charge in [-0.1, -0.05) is 15.9 Å². The molecule has 0 amide bonds. The predicted molar refractivity (Wildman–Crippen MR) is 55.6 cm³/mol. The van der Waals surface area contributed by atoms with E-state index in [9.17, 15) is 19.3 Å². The zero-order valence-corrected chi connectivity index (χ0v) is 8.95. The molecule has 1 aromatic rings. The van der Waals surface area contributed by atoms with Gasteiger partial charge >= 0.3 is 5.69 Å². The van der Waals surface area contributed by atoms with Gasteiger partial charge in [0.05, 0.1) is 15.8 Å². The highest BCUT2D eigenvalue weighted by molar-refractivity contribution is 9.09. The van der Waals surface area contributed by atoms with Crippen molar-refractivity contribution in [2.75, 3.05) is 11.1 Å². The number of rotatable bonds is 3. The van der Waals surface area contributed by atoms with Crippen molar-refractivity contribution in [1.29, 1.82) is 0 Å². The molecule has 1 rings (SSSR count). The number of anilines is 1. The van der Waals surface area contributed by atoms with Gasteiger partial charge in [-0.3, -0.25) is 14.9 Å². The Hall–Kier alpha value is -1.50. The fourth-order valence-corrected chi connectivity index (χ4v) is 1.34. The van der Waals surface area contributed by atoms with E-state index < -0.39 is 22.2 Å². The average Bonchev–Trinajstić information content (AvgIpc) is 2.19. The van der Waals surface area contributed by atoms with Gasteiger partial charge in [-0.2, -0.15) is 4.39 Å². The van der Waals surface area contributed by atoms with Gasteiger partial charge in [0.1, 0.15) is 0 Å². The molecule has 0 aliphatic rings. The number of alkyl halides is 1. The maximum Gasteiger partial charge on any atom is 0.307 e. The number of ketones is 1. The van der Waals surface area contributed by atoms with E-state index in [1.807, 2.05) is 0 Å². The second kappa shape index (κ2) is 4.35. The van der Waals surface area contributed by atoms with Crippen LogP contribution in [0, 0.1) is 15.9 Å². The summed E-state index contributed by atoms with van der Waals surface area (Å²) >= 11 is 2.84. The summed E-state index contributed by atoms with van der Waals surface area (Å²) in [5.41, 5.74) is 4.13. The van der Waals surface area contributed by atoms with Gasteiger partial charge in [-0.15, -0.1) is 0 Å². The molecule has 0 bridgehead atoms. The zero-order valence-electron chi connectivity index (χ0n) is 7.37. The van der Waals surface area contributed by atoms with Gasteiger partial charge in [0, 0.05) is 11.8 Å². The molecule has 7 heteroatoms. The topological polar surface area (TPSA) is 86.2 Å². The normalized spacial score (nSPS) is 10.0. The Balaban J connectivity index is 3.41. The van der Waals surface area contributed by atoms with Gasteiger partial charge in [-0.05, 0) is 6.07 Å². The molecule has 0 fully saturated rings. The Bertz CT molecular complexity index is 436. The largest absolute Gasteiger partial charge is 0.399 e. The van der Waals surface area contributed by atoms with Crippen molar-refractivity contribution in [3.8, 4) is 0 Å². The minimum atomic E-state index is -1.15. The number of Topliss-reactive ketones (excluding diaryl/α,β-unsaturated/α-hetero) is 1. The number of hydrogen-bond donors (Lipinski definition) is 1. The molecule has 0 saturated carbocycles. The maximum absolute atomic E-state index is 13.4. The Kier molecular flexibility index (Phi) is 3.35. The maximum atomic E-state index is 13.4. The van der Waals surface area contributed by atoms with Gasteiger partial charge in [0.25, 0.3) is 0 Å². The summed E-state index contributed by atoms with van der Waals surface area (Å²) in [6, 6.07) is 1.95. The lowest BCUT2D eigenvalue weighted by Gasteiger charge is -2.02. The molecule has 80 valence electrons. The van der Waals surface area contributed by atoms with Crippen LogP contribution in [0.1, 0.15) is 10.4 Å². The summed E-state index contributed by atoms with van der Waals surface area (Å²) in [7, 11) is 0. The standard InChI is InChI=1S/C8H6BrFN2O3/c9-3-7(13)5-1-4(11)2-6(8(5)10)12(14)15/h1-2H,3,11H2. The van der Waals surface area contributed by atoms with Crippen LogP contribution in [0.3, 0.4) is 0 Å². The van der Waals surface area contributed by atoms with Crippen molar-refractivity contribution in [2.24, 2.45) is 0 Å². The molecular weight excluding hydrogens is 271 g/mol. The third-order valence-electron chi connectivity index (χ3n) is 1.69. The monoisotopic (exact) mass is 276 g/mol. The van der Waals surface area contributed by atoms with Crippen LogP contribution >= 0.6 is 15.9 Å². The summed E-state index contributed by atoms with van der Waals surface area (Å²) in [6.07, 6.45) is 0. The minimum Gasteiger partial charge on any atom is -0.399 e. The second-order valence-electron chi connectivity index (χ2n) is 2.72. The number of carbonyl (C=O) groups excluding carboxylic acids is 1. The molecule has 0 heterocycles. The van der Waals surface area contributed by atoms with E-state index in [4.69, 9.17) is 5.73 Å². The third kappa shape index (κ3) is 2.30. The first-order valence-electron chi connectivity index (χ1n) is 3.80. The molecule has 0 unspecified atom stereocenters. The summed E-state index contributed by atoms with van der Waals surface area (Å²) in [5.74, 6) is -1.75. The Morgan fingerprint density at radius 1 is 1.60 bits per heavy atom. The quantitative estimate of drug-likeness (QED) is 0.300. The van der Waals surface area contributed by atoms with Crippen LogP contribution in [0.5, 0.6) is 0 Å². The average molecular weight is 277 g/mol. The van der Waals surface area contributed by atoms with Crippen molar-refractivity contribution >= 4 is 33.1 Å². The second-order valence-corrected chi connectivity index (χ2v) is 3.28. The number of hydrogen-bond acceptors (Lipinski definition) is 4. The van der Waals surface area contributed by atoms with Crippen LogP contribution in [-0.2, 0) is 0 Å². The molecule has 15 heavy (non-hydrogen) atoms. The fourth-order valence-electron chi connectivity index (χ4n) is 1.04. The molecule has 0 atom stereocenters. The number of carbonyl (C=O) groups is 1. The smallest absolute Gasteiger partial charge is 0.307 e. The van der Waals surface area contributed by atoms with Crippen LogP contribution in [-0.4, -0.2) is 16.0 Å². The molecule has 0 radical (unpaired) electrons. The first-order chi connectivity index (χ1) is 6.97. The highest BCUT2D eigenvalue weighted by atomic mass is 79.9. The first-order valence-corrected chi connectivity index (χ1v) is 4.92. The van der Waals surface area contributed by atoms with Gasteiger partial charge < -0.3 is 5.73 Å². The minimum absolute atomic E-state index is 0.0209. The van der Waals surface area contributed by atoms with Gasteiger partial charge in [-0.25, -0.2) is 0 Å². The van der Waals surface area contributed by atoms with Crippen molar-refractivity contribution in [2.45, 2.75) is 0 Å². The number of nitrogens with two attached hydrogens (primary N) is 1. The van der Waals surface area contributed by atoms with Crippen LogP contribution in [0.4, 0.5) is 15.8 Å². The van der Waals surface area contributed by atoms with Crippen LogP contribution in [0.25, 0.3) is 0 Å². The van der Waals surface area contributed by atoms with Crippen LogP contribution < -0.4 is 5.73 Å². The number of nitro benzene ring substituents is 1. The molecule has 0 saturated heterocycles. The summed E-state index contributed by atoms with van der Waals surface area (Å²) in [4.78, 5) is 20.7. The predicted octanol–water partition coefficient (Wildman–Crippen LogP) is 1.89. The van der Waals surface area contributed by atoms with Gasteiger partial charge in [0.2, 0.25) is 5.82 Å². The molecule has 2 N–H and O–H groups in total. The molecular formula is C8H6BrFN2O3. The SMILES string of the molecule is Nc1cc(C(=O)CBr)c(F)c([N+](=O)[O-])c1. The van der Waals surface area contributed by atoms with Crippen LogP contribution in [0.2, 0.25) is 0 Å². The highest BCUT2D eigenvalue weighted by Gasteiger charge is 2.22. The zero-order chi connectivity index (χ0) is 11.6. The summed E-state index contributed by atoms with van der Waals surface area (Å²) in [5, 5.41) is 10.3. The lowest BCUT2D eigenvalue weighted by atomic mass is 10.1. The number of nitrogen functional groups attached to an aromatic ring is 1. The molecule has 0 aliphatic heterocycles. The molecule has 0 aromatic heterocycles. The summed E-state index contributed by atoms with van der Waals surface area (Å²) in [6.45, 7) is 0. The number of halogens is 2. The van der Waals surface area contributed by atoms with Crippen molar-refractivity contribution in [3.05, 3.63) is 33.6 Å². The molecule has 0 spiro atoms. The van der Waals surface area contributed by atoms with E-state index >= 15 is 0 Å². The molecule has 1 aromatic carbocycles. The van der Waals surface area contributed by atoms with E-state index in [0.29, 0.717) is 0 Å². The van der Waals surface area contributed by atoms with E-state index in [1.165, 1.54) is 0 Å². The Morgan fingerprint density at radius 2 is 2.20 bits per heavy atom. The third-order valence-corrected chi connectivity index (χ3v) is 2.20. The number of nitrogens with zero attached hydrogens (tertiary/aromatic N) is 1. The van der Waals surface area contributed by atoms with Crippen LogP contribution in [0.15, 0.2) is 12.1 Å².